The average Bonchev–Trinajstić information content (AvgIpc) is 2.38. The molecule has 1 unspecified atom stereocenters. The van der Waals surface area contributed by atoms with Gasteiger partial charge in [0.05, 0.1) is 6.61 Å². The normalized spacial score (nSPS) is 20.9. The molecule has 3 nitrogen and oxygen atoms in total. The maximum Gasteiger partial charge on any atom is 0.122 e. The van der Waals surface area contributed by atoms with Crippen LogP contribution in [0.3, 0.4) is 0 Å². The van der Waals surface area contributed by atoms with E-state index >= 15 is 0 Å². The highest BCUT2D eigenvalue weighted by Gasteiger charge is 2.17. The number of benzene rings is 1. The quantitative estimate of drug-likeness (QED) is 0.865. The molecule has 1 atom stereocenters. The summed E-state index contributed by atoms with van der Waals surface area (Å²) in [5.41, 5.74) is 6.85. The van der Waals surface area contributed by atoms with E-state index in [4.69, 9.17) is 10.5 Å². The zero-order valence-corrected chi connectivity index (χ0v) is 11.3. The molecule has 0 aromatic heterocycles. The molecule has 0 aliphatic carbocycles. The molecule has 1 aliphatic heterocycles. The first-order chi connectivity index (χ1) is 8.79. The maximum absolute atomic E-state index is 6.00. The van der Waals surface area contributed by atoms with Gasteiger partial charge in [-0.15, -0.1) is 0 Å². The number of nitrogens with two attached hydrogens (primary N) is 1. The van der Waals surface area contributed by atoms with Crippen molar-refractivity contribution in [2.24, 2.45) is 11.7 Å². The van der Waals surface area contributed by atoms with Gasteiger partial charge in [-0.05, 0) is 51.0 Å². The number of piperidine rings is 1. The summed E-state index contributed by atoms with van der Waals surface area (Å²) in [4.78, 5) is 2.39. The largest absolute Gasteiger partial charge is 0.493 e. The van der Waals surface area contributed by atoms with Crippen LogP contribution in [0.4, 0.5) is 0 Å². The van der Waals surface area contributed by atoms with Gasteiger partial charge in [-0.1, -0.05) is 18.2 Å². The second-order valence-electron chi connectivity index (χ2n) is 5.23. The Labute approximate surface area is 110 Å². The second kappa shape index (κ2) is 6.76. The first-order valence-corrected chi connectivity index (χ1v) is 6.89. The first kappa shape index (κ1) is 13.4. The van der Waals surface area contributed by atoms with E-state index in [-0.39, 0.29) is 0 Å². The molecule has 1 fully saturated rings. The van der Waals surface area contributed by atoms with Crippen molar-refractivity contribution in [3.63, 3.8) is 0 Å². The predicted molar refractivity (Wildman–Crippen MR) is 74.9 cm³/mol. The molecule has 100 valence electrons. The van der Waals surface area contributed by atoms with Crippen LogP contribution in [0, 0.1) is 5.92 Å². The smallest absolute Gasteiger partial charge is 0.122 e. The maximum atomic E-state index is 6.00. The lowest BCUT2D eigenvalue weighted by atomic mass is 9.99. The van der Waals surface area contributed by atoms with Gasteiger partial charge >= 0.3 is 0 Å². The molecule has 0 spiro atoms. The fourth-order valence-electron chi connectivity index (χ4n) is 2.62. The predicted octanol–water partition coefficient (Wildman–Crippen LogP) is 1.91. The minimum absolute atomic E-state index is 0.662. The Morgan fingerprint density at radius 1 is 1.39 bits per heavy atom. The number of hydrogen-bond acceptors (Lipinski definition) is 3. The molecule has 18 heavy (non-hydrogen) atoms. The van der Waals surface area contributed by atoms with Crippen LogP contribution in [0.25, 0.3) is 0 Å². The van der Waals surface area contributed by atoms with Crippen molar-refractivity contribution in [2.45, 2.75) is 19.3 Å². The third kappa shape index (κ3) is 3.72. The van der Waals surface area contributed by atoms with Gasteiger partial charge in [0.25, 0.3) is 0 Å². The molecule has 0 radical (unpaired) electrons. The summed E-state index contributed by atoms with van der Waals surface area (Å²) >= 11 is 0. The fourth-order valence-corrected chi connectivity index (χ4v) is 2.62. The van der Waals surface area contributed by atoms with E-state index < -0.39 is 0 Å². The number of nitrogens with zero attached hydrogens (tertiary/aromatic N) is 1. The van der Waals surface area contributed by atoms with Gasteiger partial charge in [-0.25, -0.2) is 0 Å². The van der Waals surface area contributed by atoms with Crippen LogP contribution in [0.15, 0.2) is 24.3 Å². The summed E-state index contributed by atoms with van der Waals surface area (Å²) in [6.07, 6.45) is 3.46. The molecule has 0 bridgehead atoms. The van der Waals surface area contributed by atoms with Crippen molar-refractivity contribution in [1.82, 2.24) is 4.90 Å². The Kier molecular flexibility index (Phi) is 5.02. The highest BCUT2D eigenvalue weighted by molar-refractivity contribution is 5.33. The van der Waals surface area contributed by atoms with E-state index in [0.717, 1.165) is 25.3 Å². The fraction of sp³-hybridized carbons (Fsp3) is 0.600. The zero-order chi connectivity index (χ0) is 12.8. The molecule has 3 heteroatoms. The van der Waals surface area contributed by atoms with Crippen molar-refractivity contribution in [1.29, 1.82) is 0 Å². The van der Waals surface area contributed by atoms with E-state index in [0.29, 0.717) is 12.5 Å². The van der Waals surface area contributed by atoms with Gasteiger partial charge in [0, 0.05) is 12.5 Å². The molecule has 1 aromatic carbocycles. The lowest BCUT2D eigenvalue weighted by molar-refractivity contribution is 0.150. The van der Waals surface area contributed by atoms with Crippen LogP contribution >= 0.6 is 0 Å². The Morgan fingerprint density at radius 3 is 3.00 bits per heavy atom. The first-order valence-electron chi connectivity index (χ1n) is 6.89. The highest BCUT2D eigenvalue weighted by atomic mass is 16.5. The Hall–Kier alpha value is -1.06. The zero-order valence-electron chi connectivity index (χ0n) is 11.3. The van der Waals surface area contributed by atoms with Gasteiger partial charge in [-0.3, -0.25) is 0 Å². The summed E-state index contributed by atoms with van der Waals surface area (Å²) < 4.78 is 6.00. The molecule has 0 amide bonds. The van der Waals surface area contributed by atoms with E-state index in [9.17, 15) is 0 Å². The summed E-state index contributed by atoms with van der Waals surface area (Å²) in [5, 5.41) is 0. The molecule has 2 rings (SSSR count). The summed E-state index contributed by atoms with van der Waals surface area (Å²) in [6.45, 7) is 3.87. The number of rotatable bonds is 5. The number of likely N-dealkylation sites (tertiary alicyclic amines) is 1. The van der Waals surface area contributed by atoms with Gasteiger partial charge < -0.3 is 15.4 Å². The number of para-hydroxylation sites is 1. The van der Waals surface area contributed by atoms with Crippen molar-refractivity contribution in [3.8, 4) is 5.75 Å². The van der Waals surface area contributed by atoms with Gasteiger partial charge in [0.15, 0.2) is 0 Å². The van der Waals surface area contributed by atoms with Gasteiger partial charge in [0.1, 0.15) is 5.75 Å². The molecular weight excluding hydrogens is 224 g/mol. The molecule has 1 heterocycles. The van der Waals surface area contributed by atoms with E-state index in [2.05, 4.69) is 24.1 Å². The number of hydrogen-bond donors (Lipinski definition) is 1. The van der Waals surface area contributed by atoms with Gasteiger partial charge in [-0.2, -0.15) is 0 Å². The van der Waals surface area contributed by atoms with Crippen LogP contribution in [0.5, 0.6) is 5.75 Å². The van der Waals surface area contributed by atoms with Crippen molar-refractivity contribution in [2.75, 3.05) is 33.3 Å². The van der Waals surface area contributed by atoms with Crippen LogP contribution in [-0.2, 0) is 6.42 Å². The van der Waals surface area contributed by atoms with E-state index in [1.54, 1.807) is 0 Å². The van der Waals surface area contributed by atoms with Crippen LogP contribution in [0.1, 0.15) is 18.4 Å². The van der Waals surface area contributed by atoms with E-state index in [1.807, 2.05) is 12.1 Å². The second-order valence-corrected chi connectivity index (χ2v) is 5.23. The monoisotopic (exact) mass is 248 g/mol. The molecule has 1 saturated heterocycles. The van der Waals surface area contributed by atoms with Crippen molar-refractivity contribution >= 4 is 0 Å². The number of ether oxygens (including phenoxy) is 1. The van der Waals surface area contributed by atoms with E-state index in [1.165, 1.54) is 24.9 Å². The summed E-state index contributed by atoms with van der Waals surface area (Å²) in [6, 6.07) is 8.24. The average molecular weight is 248 g/mol. The topological polar surface area (TPSA) is 38.5 Å². The molecule has 2 N–H and O–H groups in total. The Bertz CT molecular complexity index is 367. The molecule has 1 aliphatic rings. The molecular formula is C15H24N2O. The van der Waals surface area contributed by atoms with Crippen LogP contribution in [-0.4, -0.2) is 38.2 Å². The SMILES string of the molecule is CN1CCCC(COc2ccccc2CCN)C1. The Balaban J connectivity index is 1.89. The highest BCUT2D eigenvalue weighted by Crippen LogP contribution is 2.21. The van der Waals surface area contributed by atoms with Crippen molar-refractivity contribution in [3.05, 3.63) is 29.8 Å². The molecule has 0 saturated carbocycles. The standard InChI is InChI=1S/C15H24N2O/c1-17-10-4-5-13(11-17)12-18-15-7-3-2-6-14(15)8-9-16/h2-3,6-7,13H,4-5,8-12,16H2,1H3. The van der Waals surface area contributed by atoms with Crippen LogP contribution in [0.2, 0.25) is 0 Å². The minimum Gasteiger partial charge on any atom is -0.493 e. The lowest BCUT2D eigenvalue weighted by Crippen LogP contribution is -2.34. The Morgan fingerprint density at radius 2 is 2.22 bits per heavy atom. The summed E-state index contributed by atoms with van der Waals surface area (Å²) in [5.74, 6) is 1.67. The van der Waals surface area contributed by atoms with Gasteiger partial charge in [0.2, 0.25) is 0 Å². The van der Waals surface area contributed by atoms with Crippen molar-refractivity contribution < 1.29 is 4.74 Å². The van der Waals surface area contributed by atoms with Crippen LogP contribution < -0.4 is 10.5 Å². The molecule has 1 aromatic rings. The third-order valence-corrected chi connectivity index (χ3v) is 3.58. The minimum atomic E-state index is 0.662. The third-order valence-electron chi connectivity index (χ3n) is 3.58. The lowest BCUT2D eigenvalue weighted by Gasteiger charge is -2.29. The summed E-state index contributed by atoms with van der Waals surface area (Å²) in [7, 11) is 2.19.